The molecule has 0 saturated carbocycles. The Balaban J connectivity index is 2.34. The largest absolute Gasteiger partial charge is 0.464 e. The van der Waals surface area contributed by atoms with E-state index in [1.54, 1.807) is 5.38 Å². The van der Waals surface area contributed by atoms with Crippen LogP contribution in [-0.4, -0.2) is 29.2 Å². The van der Waals surface area contributed by atoms with Crippen molar-refractivity contribution in [2.45, 2.75) is 19.6 Å². The van der Waals surface area contributed by atoms with Crippen molar-refractivity contribution in [1.82, 2.24) is 4.98 Å². The molecule has 0 radical (unpaired) electrons. The number of aromatic nitrogens is 1. The monoisotopic (exact) mass is 361 g/mol. The summed E-state index contributed by atoms with van der Waals surface area (Å²) < 4.78 is 0. The molecule has 0 aliphatic carbocycles. The molecule has 124 valence electrons. The number of amides is 1. The average Bonchev–Trinajstić information content (AvgIpc) is 2.93. The Morgan fingerprint density at radius 3 is 2.46 bits per heavy atom. The highest BCUT2D eigenvalue weighted by molar-refractivity contribution is 7.10. The first-order valence-corrected chi connectivity index (χ1v) is 11.3. The number of carbonyl (C=O) groups is 1. The average molecular weight is 361 g/mol. The van der Waals surface area contributed by atoms with E-state index in [0.717, 1.165) is 4.90 Å². The summed E-state index contributed by atoms with van der Waals surface area (Å²) in [6.07, 6.45) is -1.22. The van der Waals surface area contributed by atoms with Crippen molar-refractivity contribution in [2.75, 3.05) is 4.90 Å². The van der Waals surface area contributed by atoms with Crippen LogP contribution in [0, 0.1) is 21.6 Å². The second-order valence-corrected chi connectivity index (χ2v) is 11.5. The number of nitro benzene ring substituents is 1. The first-order chi connectivity index (χ1) is 11.2. The molecule has 0 saturated heterocycles. The number of hydrogen-bond donors (Lipinski definition) is 1. The number of anilines is 2. The molecule has 1 heterocycles. The number of hydrogen-bond acceptors (Lipinski definition) is 5. The molecule has 7 nitrogen and oxygen atoms in total. The number of rotatable bonds is 3. The Kier molecular flexibility index (Phi) is 5.01. The minimum absolute atomic E-state index is 0.107. The van der Waals surface area contributed by atoms with Gasteiger partial charge in [-0.1, -0.05) is 19.6 Å². The highest BCUT2D eigenvalue weighted by atomic mass is 32.1. The zero-order valence-electron chi connectivity index (χ0n) is 13.3. The van der Waals surface area contributed by atoms with Gasteiger partial charge < -0.3 is 5.11 Å². The molecule has 1 N–H and O–H groups in total. The van der Waals surface area contributed by atoms with Gasteiger partial charge >= 0.3 is 6.09 Å². The number of carboxylic acid groups (broad SMARTS) is 1. The van der Waals surface area contributed by atoms with E-state index in [-0.39, 0.29) is 17.2 Å². The lowest BCUT2D eigenvalue weighted by atomic mass is 10.2. The number of benzene rings is 1. The lowest BCUT2D eigenvalue weighted by Crippen LogP contribution is -2.23. The van der Waals surface area contributed by atoms with Gasteiger partial charge in [0.2, 0.25) is 0 Å². The van der Waals surface area contributed by atoms with Gasteiger partial charge in [-0.15, -0.1) is 16.9 Å². The van der Waals surface area contributed by atoms with Crippen LogP contribution in [0.3, 0.4) is 0 Å². The van der Waals surface area contributed by atoms with Crippen LogP contribution >= 0.6 is 11.3 Å². The minimum Gasteiger partial charge on any atom is -0.464 e. The maximum absolute atomic E-state index is 11.6. The molecule has 24 heavy (non-hydrogen) atoms. The van der Waals surface area contributed by atoms with Crippen molar-refractivity contribution in [3.05, 3.63) is 44.8 Å². The van der Waals surface area contributed by atoms with Gasteiger partial charge in [0.25, 0.3) is 5.69 Å². The minimum atomic E-state index is -1.55. The van der Waals surface area contributed by atoms with Gasteiger partial charge in [0, 0.05) is 17.5 Å². The molecular formula is C15H15N3O4SSi. The van der Waals surface area contributed by atoms with Crippen LogP contribution in [0.1, 0.15) is 5.01 Å². The molecular weight excluding hydrogens is 346 g/mol. The summed E-state index contributed by atoms with van der Waals surface area (Å²) in [7, 11) is -1.55. The highest BCUT2D eigenvalue weighted by Crippen LogP contribution is 2.28. The van der Waals surface area contributed by atoms with E-state index in [0.29, 0.717) is 5.01 Å². The predicted molar refractivity (Wildman–Crippen MR) is 95.6 cm³/mol. The van der Waals surface area contributed by atoms with Crippen LogP contribution in [0.25, 0.3) is 0 Å². The quantitative estimate of drug-likeness (QED) is 0.384. The fourth-order valence-electron chi connectivity index (χ4n) is 1.73. The van der Waals surface area contributed by atoms with E-state index in [2.05, 4.69) is 36.1 Å². The molecule has 0 aliphatic rings. The molecule has 0 fully saturated rings. The van der Waals surface area contributed by atoms with E-state index in [4.69, 9.17) is 0 Å². The van der Waals surface area contributed by atoms with Gasteiger partial charge in [0.1, 0.15) is 8.07 Å². The summed E-state index contributed by atoms with van der Waals surface area (Å²) in [4.78, 5) is 26.9. The van der Waals surface area contributed by atoms with Crippen molar-refractivity contribution in [3.63, 3.8) is 0 Å². The molecule has 2 rings (SSSR count). The van der Waals surface area contributed by atoms with Gasteiger partial charge in [-0.05, 0) is 18.1 Å². The highest BCUT2D eigenvalue weighted by Gasteiger charge is 2.20. The van der Waals surface area contributed by atoms with Gasteiger partial charge in [0.15, 0.2) is 10.8 Å². The first kappa shape index (κ1) is 17.6. The Bertz CT molecular complexity index is 831. The van der Waals surface area contributed by atoms with E-state index in [1.165, 1.54) is 35.6 Å². The Hall–Kier alpha value is -2.70. The zero-order chi connectivity index (χ0) is 17.9. The summed E-state index contributed by atoms with van der Waals surface area (Å²) in [6, 6.07) is 5.26. The molecule has 1 aromatic carbocycles. The van der Waals surface area contributed by atoms with Crippen molar-refractivity contribution in [1.29, 1.82) is 0 Å². The molecule has 1 aromatic heterocycles. The van der Waals surface area contributed by atoms with Crippen molar-refractivity contribution in [2.24, 2.45) is 0 Å². The van der Waals surface area contributed by atoms with E-state index < -0.39 is 19.1 Å². The second-order valence-electron chi connectivity index (χ2n) is 5.90. The van der Waals surface area contributed by atoms with E-state index >= 15 is 0 Å². The third kappa shape index (κ3) is 4.40. The van der Waals surface area contributed by atoms with Crippen LogP contribution in [0.2, 0.25) is 19.6 Å². The summed E-state index contributed by atoms with van der Waals surface area (Å²) in [6.45, 7) is 6.32. The maximum Gasteiger partial charge on any atom is 0.417 e. The second kappa shape index (κ2) is 6.82. The van der Waals surface area contributed by atoms with Crippen LogP contribution in [-0.2, 0) is 0 Å². The first-order valence-electron chi connectivity index (χ1n) is 6.93. The number of non-ortho nitro benzene ring substituents is 1. The normalized spacial score (nSPS) is 10.6. The van der Waals surface area contributed by atoms with Gasteiger partial charge in [-0.2, -0.15) is 0 Å². The molecule has 9 heteroatoms. The molecule has 0 spiro atoms. The Labute approximate surface area is 143 Å². The SMILES string of the molecule is C[Si](C)(C)C#Cc1nc(N(C(=O)O)c2ccc([N+](=O)[O-])cc2)cs1. The summed E-state index contributed by atoms with van der Waals surface area (Å²) in [5, 5.41) is 22.3. The number of thiazole rings is 1. The van der Waals surface area contributed by atoms with Crippen LogP contribution in [0.4, 0.5) is 22.0 Å². The van der Waals surface area contributed by atoms with Crippen molar-refractivity contribution < 1.29 is 14.8 Å². The third-order valence-corrected chi connectivity index (χ3v) is 4.40. The van der Waals surface area contributed by atoms with E-state index in [9.17, 15) is 20.0 Å². The zero-order valence-corrected chi connectivity index (χ0v) is 15.1. The third-order valence-electron chi connectivity index (χ3n) is 2.78. The molecule has 2 aromatic rings. The molecule has 1 amide bonds. The number of nitro groups is 1. The van der Waals surface area contributed by atoms with E-state index in [1.807, 2.05) is 0 Å². The standard InChI is InChI=1S/C15H15N3O4SSi/c1-24(2,3)9-8-14-16-13(10-23-14)17(15(19)20)11-4-6-12(7-5-11)18(21)22/h4-7,10H,1-3H3,(H,19,20). The van der Waals surface area contributed by atoms with Crippen LogP contribution in [0.15, 0.2) is 29.6 Å². The van der Waals surface area contributed by atoms with Crippen LogP contribution < -0.4 is 4.90 Å². The van der Waals surface area contributed by atoms with Crippen molar-refractivity contribution >= 4 is 42.7 Å². The number of nitrogens with zero attached hydrogens (tertiary/aromatic N) is 3. The molecule has 0 atom stereocenters. The fourth-order valence-corrected chi connectivity index (χ4v) is 2.95. The topological polar surface area (TPSA) is 96.6 Å². The maximum atomic E-state index is 11.6. The van der Waals surface area contributed by atoms with Crippen LogP contribution in [0.5, 0.6) is 0 Å². The summed E-state index contributed by atoms with van der Waals surface area (Å²) >= 11 is 1.26. The fraction of sp³-hybridized carbons (Fsp3) is 0.200. The predicted octanol–water partition coefficient (Wildman–Crippen LogP) is 4.10. The van der Waals surface area contributed by atoms with Gasteiger partial charge in [-0.25, -0.2) is 14.7 Å². The molecule has 0 aliphatic heterocycles. The molecule has 0 unspecified atom stereocenters. The summed E-state index contributed by atoms with van der Waals surface area (Å²) in [5.74, 6) is 3.21. The Morgan fingerprint density at radius 1 is 1.33 bits per heavy atom. The van der Waals surface area contributed by atoms with Gasteiger partial charge in [-0.3, -0.25) is 10.1 Å². The van der Waals surface area contributed by atoms with Crippen molar-refractivity contribution in [3.8, 4) is 11.5 Å². The molecule has 0 bridgehead atoms. The Morgan fingerprint density at radius 2 is 1.96 bits per heavy atom. The lowest BCUT2D eigenvalue weighted by molar-refractivity contribution is -0.384. The smallest absolute Gasteiger partial charge is 0.417 e. The summed E-state index contributed by atoms with van der Waals surface area (Å²) in [5.41, 5.74) is 3.35. The lowest BCUT2D eigenvalue weighted by Gasteiger charge is -2.16. The van der Waals surface area contributed by atoms with Gasteiger partial charge in [0.05, 0.1) is 10.6 Å².